The lowest BCUT2D eigenvalue weighted by atomic mass is 9.86. The van der Waals surface area contributed by atoms with Crippen LogP contribution in [0.4, 0.5) is 11.4 Å². The Bertz CT molecular complexity index is 866. The lowest BCUT2D eigenvalue weighted by Crippen LogP contribution is -2.37. The van der Waals surface area contributed by atoms with E-state index in [0.29, 0.717) is 11.3 Å². The molecule has 0 aliphatic carbocycles. The minimum Gasteiger partial charge on any atom is -0.324 e. The van der Waals surface area contributed by atoms with Crippen LogP contribution in [0.3, 0.4) is 0 Å². The van der Waals surface area contributed by atoms with E-state index in [4.69, 9.17) is 0 Å². The third-order valence-corrected chi connectivity index (χ3v) is 4.26. The Labute approximate surface area is 160 Å². The predicted octanol–water partition coefficient (Wildman–Crippen LogP) is 4.18. The van der Waals surface area contributed by atoms with Crippen molar-refractivity contribution in [1.29, 1.82) is 0 Å². The van der Waals surface area contributed by atoms with Gasteiger partial charge in [-0.2, -0.15) is 0 Å². The van der Waals surface area contributed by atoms with Crippen LogP contribution >= 0.6 is 0 Å². The molecule has 27 heavy (non-hydrogen) atoms. The van der Waals surface area contributed by atoms with E-state index in [1.54, 1.807) is 24.3 Å². The van der Waals surface area contributed by atoms with E-state index < -0.39 is 0 Å². The SMILES string of the molecule is CC(=O)c1cccc(N(CC(=O)Nc2ccccc2C(C)(C)C)C(C)=O)c1. The zero-order valence-corrected chi connectivity index (χ0v) is 16.5. The third-order valence-electron chi connectivity index (χ3n) is 4.26. The van der Waals surface area contributed by atoms with Gasteiger partial charge in [0.15, 0.2) is 5.78 Å². The summed E-state index contributed by atoms with van der Waals surface area (Å²) in [5.41, 5.74) is 2.65. The largest absolute Gasteiger partial charge is 0.324 e. The van der Waals surface area contributed by atoms with Crippen LogP contribution in [0, 0.1) is 0 Å². The first-order valence-electron chi connectivity index (χ1n) is 8.88. The average Bonchev–Trinajstić information content (AvgIpc) is 2.59. The molecule has 2 rings (SSSR count). The molecule has 0 saturated carbocycles. The maximum atomic E-state index is 12.6. The smallest absolute Gasteiger partial charge is 0.244 e. The van der Waals surface area contributed by atoms with Crippen LogP contribution in [0.2, 0.25) is 0 Å². The number of nitrogens with zero attached hydrogens (tertiary/aromatic N) is 1. The molecule has 2 aromatic rings. The van der Waals surface area contributed by atoms with Crippen LogP contribution in [0.25, 0.3) is 0 Å². The molecular weight excluding hydrogens is 340 g/mol. The number of para-hydroxylation sites is 1. The Hall–Kier alpha value is -2.95. The lowest BCUT2D eigenvalue weighted by molar-refractivity contribution is -0.120. The van der Waals surface area contributed by atoms with Gasteiger partial charge in [-0.25, -0.2) is 0 Å². The van der Waals surface area contributed by atoms with Crippen LogP contribution in [0.15, 0.2) is 48.5 Å². The van der Waals surface area contributed by atoms with E-state index in [1.807, 2.05) is 24.3 Å². The second kappa shape index (κ2) is 8.16. The first kappa shape index (κ1) is 20.4. The van der Waals surface area contributed by atoms with Crippen LogP contribution in [0.1, 0.15) is 50.5 Å². The number of hydrogen-bond donors (Lipinski definition) is 1. The summed E-state index contributed by atoms with van der Waals surface area (Å²) in [6.07, 6.45) is 0. The van der Waals surface area contributed by atoms with Gasteiger partial charge in [0.25, 0.3) is 0 Å². The maximum Gasteiger partial charge on any atom is 0.244 e. The van der Waals surface area contributed by atoms with E-state index >= 15 is 0 Å². The first-order valence-corrected chi connectivity index (χ1v) is 8.88. The predicted molar refractivity (Wildman–Crippen MR) is 108 cm³/mol. The molecule has 0 aromatic heterocycles. The molecule has 0 bridgehead atoms. The maximum absolute atomic E-state index is 12.6. The summed E-state index contributed by atoms with van der Waals surface area (Å²) < 4.78 is 0. The summed E-state index contributed by atoms with van der Waals surface area (Å²) in [4.78, 5) is 37.7. The van der Waals surface area contributed by atoms with Crippen molar-refractivity contribution in [3.05, 3.63) is 59.7 Å². The number of rotatable bonds is 5. The monoisotopic (exact) mass is 366 g/mol. The van der Waals surface area contributed by atoms with Crippen LogP contribution in [0.5, 0.6) is 0 Å². The number of nitrogens with one attached hydrogen (secondary N) is 1. The molecule has 142 valence electrons. The highest BCUT2D eigenvalue weighted by Crippen LogP contribution is 2.29. The lowest BCUT2D eigenvalue weighted by Gasteiger charge is -2.24. The van der Waals surface area contributed by atoms with E-state index in [2.05, 4.69) is 26.1 Å². The van der Waals surface area contributed by atoms with Crippen molar-refractivity contribution in [3.8, 4) is 0 Å². The average molecular weight is 366 g/mol. The van der Waals surface area contributed by atoms with Gasteiger partial charge in [-0.15, -0.1) is 0 Å². The topological polar surface area (TPSA) is 66.5 Å². The number of carbonyl (C=O) groups excluding carboxylic acids is 3. The van der Waals surface area contributed by atoms with Gasteiger partial charge in [0, 0.05) is 23.9 Å². The van der Waals surface area contributed by atoms with Gasteiger partial charge in [0.1, 0.15) is 6.54 Å². The minimum absolute atomic E-state index is 0.0936. The Morgan fingerprint density at radius 3 is 2.22 bits per heavy atom. The van der Waals surface area contributed by atoms with E-state index in [9.17, 15) is 14.4 Å². The fourth-order valence-electron chi connectivity index (χ4n) is 2.86. The van der Waals surface area contributed by atoms with Crippen molar-refractivity contribution < 1.29 is 14.4 Å². The van der Waals surface area contributed by atoms with Gasteiger partial charge in [-0.05, 0) is 36.1 Å². The van der Waals surface area contributed by atoms with Gasteiger partial charge in [0.2, 0.25) is 11.8 Å². The fraction of sp³-hybridized carbons (Fsp3) is 0.318. The second-order valence-electron chi connectivity index (χ2n) is 7.56. The fourth-order valence-corrected chi connectivity index (χ4v) is 2.86. The zero-order chi connectivity index (χ0) is 20.2. The highest BCUT2D eigenvalue weighted by Gasteiger charge is 2.21. The number of hydrogen-bond acceptors (Lipinski definition) is 3. The molecule has 5 nitrogen and oxygen atoms in total. The van der Waals surface area contributed by atoms with Gasteiger partial charge >= 0.3 is 0 Å². The summed E-state index contributed by atoms with van der Waals surface area (Å²) in [6, 6.07) is 14.4. The standard InChI is InChI=1S/C22H26N2O3/c1-15(25)17-9-8-10-18(13-17)24(16(2)26)14-21(27)23-20-12-7-6-11-19(20)22(3,4)5/h6-13H,14H2,1-5H3,(H,23,27). The molecule has 5 heteroatoms. The summed E-state index contributed by atoms with van der Waals surface area (Å²) in [7, 11) is 0. The highest BCUT2D eigenvalue weighted by atomic mass is 16.2. The van der Waals surface area contributed by atoms with Crippen molar-refractivity contribution in [2.45, 2.75) is 40.0 Å². The Morgan fingerprint density at radius 1 is 0.963 bits per heavy atom. The minimum atomic E-state index is -0.296. The number of Topliss-reactive ketones (excluding diaryl/α,β-unsaturated/α-hetero) is 1. The van der Waals surface area contributed by atoms with Crippen molar-refractivity contribution in [3.63, 3.8) is 0 Å². The second-order valence-corrected chi connectivity index (χ2v) is 7.56. The number of amides is 2. The summed E-state index contributed by atoms with van der Waals surface area (Å²) in [5, 5.41) is 2.91. The molecule has 0 saturated heterocycles. The van der Waals surface area contributed by atoms with Crippen LogP contribution in [-0.2, 0) is 15.0 Å². The molecule has 0 heterocycles. The quantitative estimate of drug-likeness (QED) is 0.807. The van der Waals surface area contributed by atoms with E-state index in [1.165, 1.54) is 18.7 Å². The molecule has 0 unspecified atom stereocenters. The Balaban J connectivity index is 2.24. The third kappa shape index (κ3) is 5.26. The normalized spacial score (nSPS) is 11.0. The van der Waals surface area contributed by atoms with Gasteiger partial charge in [0.05, 0.1) is 0 Å². The van der Waals surface area contributed by atoms with Gasteiger partial charge < -0.3 is 10.2 Å². The molecule has 0 fully saturated rings. The Morgan fingerprint density at radius 2 is 1.63 bits per heavy atom. The molecule has 0 spiro atoms. The molecule has 2 aromatic carbocycles. The number of carbonyl (C=O) groups is 3. The van der Waals surface area contributed by atoms with Crippen molar-refractivity contribution in [2.24, 2.45) is 0 Å². The van der Waals surface area contributed by atoms with E-state index in [0.717, 1.165) is 11.3 Å². The molecule has 0 atom stereocenters. The zero-order valence-electron chi connectivity index (χ0n) is 16.5. The van der Waals surface area contributed by atoms with Crippen molar-refractivity contribution >= 4 is 29.0 Å². The number of anilines is 2. The first-order chi connectivity index (χ1) is 12.6. The van der Waals surface area contributed by atoms with Gasteiger partial charge in [-0.1, -0.05) is 51.1 Å². The van der Waals surface area contributed by atoms with Gasteiger partial charge in [-0.3, -0.25) is 14.4 Å². The highest BCUT2D eigenvalue weighted by molar-refractivity contribution is 6.03. The molecular formula is C22H26N2O3. The summed E-state index contributed by atoms with van der Waals surface area (Å²) >= 11 is 0. The molecule has 1 N–H and O–H groups in total. The molecule has 0 radical (unpaired) electrons. The van der Waals surface area contributed by atoms with Crippen molar-refractivity contribution in [2.75, 3.05) is 16.8 Å². The van der Waals surface area contributed by atoms with Crippen molar-refractivity contribution in [1.82, 2.24) is 0 Å². The van der Waals surface area contributed by atoms with Crippen LogP contribution < -0.4 is 10.2 Å². The number of ketones is 1. The summed E-state index contributed by atoms with van der Waals surface area (Å²) in [6.45, 7) is 8.96. The molecule has 0 aliphatic heterocycles. The Kier molecular flexibility index (Phi) is 6.16. The summed E-state index contributed by atoms with van der Waals surface area (Å²) in [5.74, 6) is -0.658. The molecule has 0 aliphatic rings. The van der Waals surface area contributed by atoms with Crippen LogP contribution in [-0.4, -0.2) is 24.1 Å². The number of benzene rings is 2. The molecule has 2 amide bonds. The van der Waals surface area contributed by atoms with E-state index in [-0.39, 0.29) is 29.6 Å².